The van der Waals surface area contributed by atoms with E-state index in [4.69, 9.17) is 10.5 Å². The molecule has 0 fully saturated rings. The van der Waals surface area contributed by atoms with Gasteiger partial charge in [-0.15, -0.1) is 0 Å². The van der Waals surface area contributed by atoms with Crippen LogP contribution in [-0.2, 0) is 21.1 Å². The lowest BCUT2D eigenvalue weighted by Gasteiger charge is -2.09. The first-order valence-electron chi connectivity index (χ1n) is 12.7. The fourth-order valence-corrected chi connectivity index (χ4v) is 5.36. The Kier molecular flexibility index (Phi) is 7.42. The molecule has 0 saturated heterocycles. The van der Waals surface area contributed by atoms with Gasteiger partial charge < -0.3 is 15.0 Å². The zero-order chi connectivity index (χ0) is 28.4. The third-order valence-corrected chi connectivity index (χ3v) is 7.89. The fourth-order valence-electron chi connectivity index (χ4n) is 4.73. The summed E-state index contributed by atoms with van der Waals surface area (Å²) < 4.78 is 32.7. The quantitative estimate of drug-likeness (QED) is 0.275. The smallest absolute Gasteiger partial charge is 0.269 e. The van der Waals surface area contributed by atoms with Crippen LogP contribution in [0.3, 0.4) is 0 Å². The highest BCUT2D eigenvalue weighted by Crippen LogP contribution is 2.28. The van der Waals surface area contributed by atoms with E-state index in [9.17, 15) is 13.2 Å². The van der Waals surface area contributed by atoms with Gasteiger partial charge in [0.2, 0.25) is 0 Å². The number of rotatable bonds is 9. The van der Waals surface area contributed by atoms with Gasteiger partial charge in [-0.05, 0) is 65.6 Å². The molecular weight excluding hydrogens is 524 g/mol. The Bertz CT molecular complexity index is 1830. The molecule has 0 bridgehead atoms. The first kappa shape index (κ1) is 27.1. The van der Waals surface area contributed by atoms with Crippen LogP contribution in [0.4, 0.5) is 0 Å². The van der Waals surface area contributed by atoms with Crippen molar-refractivity contribution in [3.63, 3.8) is 0 Å². The maximum Gasteiger partial charge on any atom is 0.269 e. The van der Waals surface area contributed by atoms with Crippen LogP contribution in [0.2, 0.25) is 0 Å². The molecule has 2 heterocycles. The van der Waals surface area contributed by atoms with Gasteiger partial charge in [0.05, 0.1) is 17.2 Å². The summed E-state index contributed by atoms with van der Waals surface area (Å²) in [6, 6.07) is 23.0. The molecule has 0 aliphatic heterocycles. The third-order valence-electron chi connectivity index (χ3n) is 6.76. The Balaban J connectivity index is 1.47. The molecule has 0 unspecified atom stereocenters. The number of primary amides is 1. The van der Waals surface area contributed by atoms with E-state index in [2.05, 4.69) is 40.1 Å². The number of hydrogen-bond acceptors (Lipinski definition) is 5. The molecule has 0 saturated carbocycles. The van der Waals surface area contributed by atoms with E-state index in [1.807, 2.05) is 49.4 Å². The topological polar surface area (TPSA) is 109 Å². The Morgan fingerprint density at radius 3 is 2.27 bits per heavy atom. The number of methoxy groups -OCH3 is 1. The van der Waals surface area contributed by atoms with E-state index < -0.39 is 15.7 Å². The van der Waals surface area contributed by atoms with Crippen molar-refractivity contribution < 1.29 is 17.9 Å². The largest absolute Gasteiger partial charge is 0.381 e. The van der Waals surface area contributed by atoms with E-state index in [0.29, 0.717) is 18.0 Å². The summed E-state index contributed by atoms with van der Waals surface area (Å²) in [4.78, 5) is 11.9. The third kappa shape index (κ3) is 5.61. The molecule has 1 amide bonds. The molecule has 0 aliphatic rings. The Morgan fingerprint density at radius 1 is 1.00 bits per heavy atom. The Morgan fingerprint density at radius 2 is 1.68 bits per heavy atom. The van der Waals surface area contributed by atoms with E-state index >= 15 is 0 Å². The zero-order valence-corrected chi connectivity index (χ0v) is 23.4. The van der Waals surface area contributed by atoms with Crippen LogP contribution in [0.25, 0.3) is 33.8 Å². The minimum Gasteiger partial charge on any atom is -0.381 e. The Labute approximate surface area is 233 Å². The van der Waals surface area contributed by atoms with Crippen molar-refractivity contribution >= 4 is 32.7 Å². The number of sulfone groups is 1. The highest BCUT2D eigenvalue weighted by atomic mass is 32.2. The molecule has 0 atom stereocenters. The first-order chi connectivity index (χ1) is 19.1. The second-order valence-electron chi connectivity index (χ2n) is 9.71. The fraction of sp³-hybridized carbons (Fsp3) is 0.161. The Hall–Kier alpha value is -4.47. The number of hydrogen-bond donors (Lipinski definition) is 1. The van der Waals surface area contributed by atoms with Crippen LogP contribution in [0, 0.1) is 6.92 Å². The van der Waals surface area contributed by atoms with Crippen LogP contribution in [-0.4, -0.2) is 48.6 Å². The molecule has 9 heteroatoms. The summed E-state index contributed by atoms with van der Waals surface area (Å²) in [6.45, 7) is 3.05. The lowest BCUT2D eigenvalue weighted by atomic mass is 10.0. The molecule has 5 aromatic rings. The van der Waals surface area contributed by atoms with Crippen molar-refractivity contribution in [3.8, 4) is 16.8 Å². The van der Waals surface area contributed by atoms with E-state index in [1.165, 1.54) is 6.26 Å². The highest BCUT2D eigenvalue weighted by molar-refractivity contribution is 7.90. The minimum atomic E-state index is -3.23. The minimum absolute atomic E-state index is 0.227. The molecule has 2 aromatic heterocycles. The van der Waals surface area contributed by atoms with Gasteiger partial charge in [0.15, 0.2) is 15.5 Å². The summed E-state index contributed by atoms with van der Waals surface area (Å²) in [5.74, 6) is -0.561. The van der Waals surface area contributed by atoms with Crippen molar-refractivity contribution in [2.45, 2.75) is 18.4 Å². The number of benzene rings is 3. The van der Waals surface area contributed by atoms with Crippen molar-refractivity contribution in [2.24, 2.45) is 5.73 Å². The SMILES string of the molecule is COC/C=C/c1cn(Cc2ccc(-c3ccc(S(C)(=O)=O)cc3)cc2)c2ccc(-n3nc(C(N)=O)cc3C)cc12. The van der Waals surface area contributed by atoms with Gasteiger partial charge in [0, 0.05) is 42.7 Å². The number of nitrogens with two attached hydrogens (primary N) is 1. The van der Waals surface area contributed by atoms with Gasteiger partial charge >= 0.3 is 0 Å². The van der Waals surface area contributed by atoms with Gasteiger partial charge in [-0.3, -0.25) is 4.79 Å². The second-order valence-corrected chi connectivity index (χ2v) is 11.7. The molecule has 2 N–H and O–H groups in total. The second kappa shape index (κ2) is 11.0. The molecule has 8 nitrogen and oxygen atoms in total. The molecule has 3 aromatic carbocycles. The number of nitrogens with zero attached hydrogens (tertiary/aromatic N) is 3. The number of aromatic nitrogens is 3. The molecule has 0 radical (unpaired) electrons. The van der Waals surface area contributed by atoms with E-state index in [-0.39, 0.29) is 5.69 Å². The summed E-state index contributed by atoms with van der Waals surface area (Å²) >= 11 is 0. The number of fused-ring (bicyclic) bond motifs is 1. The molecule has 0 aliphatic carbocycles. The summed E-state index contributed by atoms with van der Waals surface area (Å²) in [5.41, 5.74) is 12.5. The summed E-state index contributed by atoms with van der Waals surface area (Å²) in [7, 11) is -1.57. The van der Waals surface area contributed by atoms with Crippen LogP contribution < -0.4 is 5.73 Å². The molecule has 0 spiro atoms. The number of amides is 1. The number of carbonyl (C=O) groups is 1. The van der Waals surface area contributed by atoms with Crippen LogP contribution in [0.15, 0.2) is 90.0 Å². The normalized spacial score (nSPS) is 12.0. The first-order valence-corrected chi connectivity index (χ1v) is 14.6. The summed E-state index contributed by atoms with van der Waals surface area (Å²) in [5, 5.41) is 5.43. The molecular formula is C31H30N4O4S. The monoisotopic (exact) mass is 554 g/mol. The van der Waals surface area contributed by atoms with Gasteiger partial charge in [-0.2, -0.15) is 5.10 Å². The zero-order valence-electron chi connectivity index (χ0n) is 22.5. The lowest BCUT2D eigenvalue weighted by molar-refractivity contribution is 0.0995. The van der Waals surface area contributed by atoms with Crippen molar-refractivity contribution in [3.05, 3.63) is 108 Å². The molecule has 204 valence electrons. The van der Waals surface area contributed by atoms with E-state index in [0.717, 1.165) is 44.5 Å². The van der Waals surface area contributed by atoms with Crippen molar-refractivity contribution in [2.75, 3.05) is 20.0 Å². The molecule has 5 rings (SSSR count). The lowest BCUT2D eigenvalue weighted by Crippen LogP contribution is -2.12. The predicted molar refractivity (Wildman–Crippen MR) is 157 cm³/mol. The predicted octanol–water partition coefficient (Wildman–Crippen LogP) is 5.01. The van der Waals surface area contributed by atoms with Gasteiger partial charge in [0.25, 0.3) is 5.91 Å². The number of carbonyl (C=O) groups excluding carboxylic acids is 1. The maximum absolute atomic E-state index is 11.8. The van der Waals surface area contributed by atoms with Gasteiger partial charge in [-0.1, -0.05) is 48.6 Å². The standard InChI is InChI=1S/C31H30N4O4S/c1-21-17-29(31(32)36)33-35(21)26-12-15-30-28(18-26)25(5-4-16-39-2)20-34(30)19-22-6-8-23(9-7-22)24-10-13-27(14-11-24)40(3,37)38/h4-15,17-18,20H,16,19H2,1-3H3,(H2,32,36)/b5-4+. The number of aryl methyl sites for hydroxylation is 1. The summed E-state index contributed by atoms with van der Waals surface area (Å²) in [6.07, 6.45) is 7.34. The van der Waals surface area contributed by atoms with Crippen LogP contribution in [0.5, 0.6) is 0 Å². The maximum atomic E-state index is 11.8. The average Bonchev–Trinajstić information content (AvgIpc) is 3.49. The van der Waals surface area contributed by atoms with Crippen LogP contribution in [0.1, 0.15) is 27.3 Å². The van der Waals surface area contributed by atoms with Crippen LogP contribution >= 0.6 is 0 Å². The number of ether oxygens (including phenoxy) is 1. The van der Waals surface area contributed by atoms with Gasteiger partial charge in [-0.25, -0.2) is 13.1 Å². The van der Waals surface area contributed by atoms with E-state index in [1.54, 1.807) is 30.0 Å². The average molecular weight is 555 g/mol. The van der Waals surface area contributed by atoms with Crippen molar-refractivity contribution in [1.82, 2.24) is 14.3 Å². The van der Waals surface area contributed by atoms with Crippen molar-refractivity contribution in [1.29, 1.82) is 0 Å². The van der Waals surface area contributed by atoms with Gasteiger partial charge in [0.1, 0.15) is 0 Å². The highest BCUT2D eigenvalue weighted by Gasteiger charge is 2.14. The molecule has 40 heavy (non-hydrogen) atoms.